The van der Waals surface area contributed by atoms with Gasteiger partial charge in [-0.15, -0.1) is 0 Å². The third-order valence-corrected chi connectivity index (χ3v) is 3.90. The van der Waals surface area contributed by atoms with Crippen LogP contribution in [-0.4, -0.2) is 9.78 Å². The Morgan fingerprint density at radius 2 is 1.41 bits per heavy atom. The fourth-order valence-electron chi connectivity index (χ4n) is 2.83. The molecule has 22 heavy (non-hydrogen) atoms. The monoisotopic (exact) mass is 390 g/mol. The summed E-state index contributed by atoms with van der Waals surface area (Å²) in [6.45, 7) is 15.5. The number of benzene rings is 1. The first-order chi connectivity index (χ1) is 9.82. The smallest absolute Gasteiger partial charge is 0.0731 e. The SMILES string of the molecule is Cc1ccc(-c2c(C(C)C)nn(C(C)C)c2C(C)C)cc1.[Pd]. The predicted molar refractivity (Wildman–Crippen MR) is 91.0 cm³/mol. The van der Waals surface area contributed by atoms with Crippen molar-refractivity contribution in [3.8, 4) is 11.1 Å². The van der Waals surface area contributed by atoms with Crippen LogP contribution < -0.4 is 0 Å². The van der Waals surface area contributed by atoms with Crippen LogP contribution in [0.2, 0.25) is 0 Å². The van der Waals surface area contributed by atoms with Crippen LogP contribution in [0.1, 0.15) is 76.4 Å². The second-order valence-corrected chi connectivity index (χ2v) is 6.86. The summed E-state index contributed by atoms with van der Waals surface area (Å²) in [7, 11) is 0. The third-order valence-electron chi connectivity index (χ3n) is 3.90. The standard InChI is InChI=1S/C19H28N2.Pd/c1-12(2)18-17(16-10-8-15(7)9-11-16)19(13(3)4)21(20-18)14(5)6;/h8-14H,1-7H3;. The van der Waals surface area contributed by atoms with Crippen LogP contribution in [0.4, 0.5) is 0 Å². The molecule has 0 unspecified atom stereocenters. The van der Waals surface area contributed by atoms with E-state index in [1.54, 1.807) is 0 Å². The molecule has 0 spiro atoms. The van der Waals surface area contributed by atoms with Gasteiger partial charge in [-0.1, -0.05) is 57.5 Å². The Balaban J connectivity index is 0.00000242. The normalized spacial score (nSPS) is 11.4. The predicted octanol–water partition coefficient (Wildman–Crippen LogP) is 5.68. The number of rotatable bonds is 4. The molecule has 0 aliphatic rings. The Morgan fingerprint density at radius 1 is 0.864 bits per heavy atom. The van der Waals surface area contributed by atoms with Crippen molar-refractivity contribution < 1.29 is 20.4 Å². The van der Waals surface area contributed by atoms with Gasteiger partial charge in [-0.2, -0.15) is 5.10 Å². The number of aromatic nitrogens is 2. The first-order valence-electron chi connectivity index (χ1n) is 8.02. The molecule has 2 rings (SSSR count). The average Bonchev–Trinajstić information content (AvgIpc) is 2.80. The molecule has 0 aliphatic heterocycles. The van der Waals surface area contributed by atoms with Crippen molar-refractivity contribution in [1.82, 2.24) is 9.78 Å². The van der Waals surface area contributed by atoms with E-state index in [0.29, 0.717) is 17.9 Å². The van der Waals surface area contributed by atoms with E-state index in [-0.39, 0.29) is 20.4 Å². The van der Waals surface area contributed by atoms with E-state index in [4.69, 9.17) is 5.10 Å². The molecule has 0 saturated carbocycles. The van der Waals surface area contributed by atoms with E-state index in [0.717, 1.165) is 0 Å². The third kappa shape index (κ3) is 3.70. The molecule has 0 saturated heterocycles. The van der Waals surface area contributed by atoms with Crippen molar-refractivity contribution in [3.05, 3.63) is 41.2 Å². The summed E-state index contributed by atoms with van der Waals surface area (Å²) in [6, 6.07) is 9.23. The molecule has 1 heterocycles. The van der Waals surface area contributed by atoms with E-state index in [2.05, 4.69) is 77.4 Å². The average molecular weight is 391 g/mol. The zero-order valence-electron chi connectivity index (χ0n) is 14.8. The largest absolute Gasteiger partial charge is 0.266 e. The number of nitrogens with zero attached hydrogens (tertiary/aromatic N) is 2. The zero-order chi connectivity index (χ0) is 15.7. The Morgan fingerprint density at radius 3 is 1.82 bits per heavy atom. The van der Waals surface area contributed by atoms with Gasteiger partial charge in [-0.25, -0.2) is 0 Å². The van der Waals surface area contributed by atoms with Gasteiger partial charge in [-0.05, 0) is 38.2 Å². The second kappa shape index (κ2) is 7.58. The maximum atomic E-state index is 4.95. The van der Waals surface area contributed by atoms with Gasteiger partial charge < -0.3 is 0 Å². The minimum Gasteiger partial charge on any atom is -0.266 e. The molecule has 1 aromatic carbocycles. The van der Waals surface area contributed by atoms with Gasteiger partial charge in [0.1, 0.15) is 0 Å². The Kier molecular flexibility index (Phi) is 6.59. The number of aryl methyl sites for hydroxylation is 1. The summed E-state index contributed by atoms with van der Waals surface area (Å²) >= 11 is 0. The van der Waals surface area contributed by atoms with E-state index in [9.17, 15) is 0 Å². The molecule has 0 fully saturated rings. The van der Waals surface area contributed by atoms with E-state index in [1.165, 1.54) is 28.1 Å². The first kappa shape index (κ1) is 19.1. The van der Waals surface area contributed by atoms with E-state index in [1.807, 2.05) is 0 Å². The molecule has 0 N–H and O–H groups in total. The Bertz CT molecular complexity index is 607. The quantitative estimate of drug-likeness (QED) is 0.614. The molecule has 2 nitrogen and oxygen atoms in total. The van der Waals surface area contributed by atoms with Crippen LogP contribution >= 0.6 is 0 Å². The van der Waals surface area contributed by atoms with E-state index < -0.39 is 0 Å². The summed E-state index contributed by atoms with van der Waals surface area (Å²) in [5.41, 5.74) is 6.51. The molecule has 0 aliphatic carbocycles. The molecule has 3 heteroatoms. The summed E-state index contributed by atoms with van der Waals surface area (Å²) in [5.74, 6) is 0.891. The minimum atomic E-state index is 0. The summed E-state index contributed by atoms with van der Waals surface area (Å²) in [4.78, 5) is 0. The fraction of sp³-hybridized carbons (Fsp3) is 0.526. The van der Waals surface area contributed by atoms with Crippen molar-refractivity contribution >= 4 is 0 Å². The van der Waals surface area contributed by atoms with Gasteiger partial charge in [-0.3, -0.25) is 4.68 Å². The van der Waals surface area contributed by atoms with Gasteiger partial charge in [0.2, 0.25) is 0 Å². The first-order valence-corrected chi connectivity index (χ1v) is 8.02. The summed E-state index contributed by atoms with van der Waals surface area (Å²) < 4.78 is 2.22. The van der Waals surface area contributed by atoms with Crippen molar-refractivity contribution in [3.63, 3.8) is 0 Å². The van der Waals surface area contributed by atoms with Gasteiger partial charge in [0, 0.05) is 37.7 Å². The molecular weight excluding hydrogens is 363 g/mol. The van der Waals surface area contributed by atoms with Crippen molar-refractivity contribution in [2.24, 2.45) is 0 Å². The van der Waals surface area contributed by atoms with Gasteiger partial charge in [0.25, 0.3) is 0 Å². The van der Waals surface area contributed by atoms with Crippen LogP contribution in [0, 0.1) is 6.92 Å². The molecular formula is C19H28N2Pd. The van der Waals surface area contributed by atoms with Crippen LogP contribution in [0.5, 0.6) is 0 Å². The van der Waals surface area contributed by atoms with Crippen LogP contribution in [0.15, 0.2) is 24.3 Å². The van der Waals surface area contributed by atoms with Crippen molar-refractivity contribution in [2.75, 3.05) is 0 Å². The molecule has 1 aromatic heterocycles. The summed E-state index contributed by atoms with van der Waals surface area (Å²) in [5, 5.41) is 4.95. The Labute approximate surface area is 149 Å². The Hall–Kier alpha value is -0.908. The van der Waals surface area contributed by atoms with E-state index >= 15 is 0 Å². The number of hydrogen-bond acceptors (Lipinski definition) is 1. The minimum absolute atomic E-state index is 0. The van der Waals surface area contributed by atoms with Gasteiger partial charge in [0.05, 0.1) is 5.69 Å². The van der Waals surface area contributed by atoms with Crippen LogP contribution in [0.25, 0.3) is 11.1 Å². The zero-order valence-corrected chi connectivity index (χ0v) is 16.3. The molecule has 0 radical (unpaired) electrons. The van der Waals surface area contributed by atoms with Crippen LogP contribution in [-0.2, 0) is 20.4 Å². The van der Waals surface area contributed by atoms with Crippen molar-refractivity contribution in [2.45, 2.75) is 66.3 Å². The molecule has 0 bridgehead atoms. The topological polar surface area (TPSA) is 17.8 Å². The maximum absolute atomic E-state index is 4.95. The van der Waals surface area contributed by atoms with Gasteiger partial charge >= 0.3 is 0 Å². The molecule has 2 aromatic rings. The molecule has 0 atom stereocenters. The second-order valence-electron chi connectivity index (χ2n) is 6.86. The molecule has 0 amide bonds. The maximum Gasteiger partial charge on any atom is 0.0731 e. The van der Waals surface area contributed by atoms with Gasteiger partial charge in [0.15, 0.2) is 0 Å². The number of hydrogen-bond donors (Lipinski definition) is 0. The molecule has 124 valence electrons. The summed E-state index contributed by atoms with van der Waals surface area (Å²) in [6.07, 6.45) is 0. The van der Waals surface area contributed by atoms with Crippen LogP contribution in [0.3, 0.4) is 0 Å². The van der Waals surface area contributed by atoms with Crippen molar-refractivity contribution in [1.29, 1.82) is 0 Å². The fourth-order valence-corrected chi connectivity index (χ4v) is 2.83.